The monoisotopic (exact) mass is 287 g/mol. The number of carbonyl (C=O) groups is 1. The molecule has 1 aliphatic heterocycles. The van der Waals surface area contributed by atoms with Crippen molar-refractivity contribution in [2.24, 2.45) is 5.92 Å². The molecule has 0 bridgehead atoms. The van der Waals surface area contributed by atoms with E-state index in [9.17, 15) is 9.90 Å². The Labute approximate surface area is 127 Å². The average molecular weight is 287 g/mol. The molecule has 0 saturated heterocycles. The molecular weight excluding hydrogens is 262 g/mol. The lowest BCUT2D eigenvalue weighted by Crippen LogP contribution is -2.46. The third-order valence-corrected chi connectivity index (χ3v) is 4.68. The van der Waals surface area contributed by atoms with Crippen LogP contribution in [0, 0.1) is 19.8 Å². The van der Waals surface area contributed by atoms with Crippen LogP contribution in [-0.2, 0) is 11.2 Å². The lowest BCUT2D eigenvalue weighted by Gasteiger charge is -2.29. The lowest BCUT2D eigenvalue weighted by atomic mass is 9.85. The van der Waals surface area contributed by atoms with E-state index in [1.54, 1.807) is 0 Å². The van der Waals surface area contributed by atoms with Gasteiger partial charge in [0, 0.05) is 0 Å². The van der Waals surface area contributed by atoms with Gasteiger partial charge in [0.1, 0.15) is 5.76 Å². The van der Waals surface area contributed by atoms with Crippen LogP contribution in [0.4, 0.5) is 0 Å². The highest BCUT2D eigenvalue weighted by Crippen LogP contribution is 2.38. The fraction of sp³-hybridized carbons (Fsp3) is 0.500. The van der Waals surface area contributed by atoms with E-state index in [4.69, 9.17) is 0 Å². The third-order valence-electron chi connectivity index (χ3n) is 4.68. The van der Waals surface area contributed by atoms with Gasteiger partial charge in [-0.15, -0.1) is 0 Å². The first-order chi connectivity index (χ1) is 9.72. The number of amides is 1. The minimum absolute atomic E-state index is 0.120. The molecule has 3 heteroatoms. The van der Waals surface area contributed by atoms with Crippen LogP contribution in [0.2, 0.25) is 0 Å². The van der Waals surface area contributed by atoms with Crippen LogP contribution in [0.15, 0.2) is 17.9 Å². The molecule has 1 heterocycles. The molecule has 1 aromatic carbocycles. The molecule has 1 amide bonds. The Morgan fingerprint density at radius 3 is 2.38 bits per heavy atom. The number of hydrogen-bond acceptors (Lipinski definition) is 2. The van der Waals surface area contributed by atoms with Crippen LogP contribution in [-0.4, -0.2) is 16.6 Å². The van der Waals surface area contributed by atoms with Crippen LogP contribution < -0.4 is 5.32 Å². The van der Waals surface area contributed by atoms with Gasteiger partial charge in [0.25, 0.3) is 5.91 Å². The Bertz CT molecular complexity index is 628. The molecular formula is C18H25NO2. The summed E-state index contributed by atoms with van der Waals surface area (Å²) in [6.45, 7) is 12.0. The van der Waals surface area contributed by atoms with Gasteiger partial charge in [-0.3, -0.25) is 4.79 Å². The molecule has 2 N–H and O–H groups in total. The number of rotatable bonds is 3. The molecule has 1 unspecified atom stereocenters. The molecule has 0 radical (unpaired) electrons. The molecule has 2 rings (SSSR count). The van der Waals surface area contributed by atoms with Crippen molar-refractivity contribution >= 4 is 11.5 Å². The van der Waals surface area contributed by atoms with Crippen molar-refractivity contribution < 1.29 is 9.90 Å². The van der Waals surface area contributed by atoms with Gasteiger partial charge >= 0.3 is 0 Å². The normalized spacial score (nSPS) is 22.1. The van der Waals surface area contributed by atoms with E-state index in [0.717, 1.165) is 23.1 Å². The van der Waals surface area contributed by atoms with E-state index in [1.807, 2.05) is 27.7 Å². The van der Waals surface area contributed by atoms with E-state index >= 15 is 0 Å². The molecule has 0 fully saturated rings. The number of aliphatic hydroxyl groups excluding tert-OH is 1. The van der Waals surface area contributed by atoms with Crippen LogP contribution in [0.1, 0.15) is 49.9 Å². The van der Waals surface area contributed by atoms with Crippen LogP contribution in [0.5, 0.6) is 0 Å². The topological polar surface area (TPSA) is 49.3 Å². The highest BCUT2D eigenvalue weighted by atomic mass is 16.3. The summed E-state index contributed by atoms with van der Waals surface area (Å²) in [7, 11) is 0. The molecule has 3 nitrogen and oxygen atoms in total. The third kappa shape index (κ3) is 2.35. The summed E-state index contributed by atoms with van der Waals surface area (Å²) in [5.74, 6) is 0.115. The zero-order chi connectivity index (χ0) is 15.9. The van der Waals surface area contributed by atoms with Gasteiger partial charge in [0.05, 0.1) is 11.1 Å². The van der Waals surface area contributed by atoms with Gasteiger partial charge in [-0.2, -0.15) is 0 Å². The van der Waals surface area contributed by atoms with E-state index in [2.05, 4.69) is 31.3 Å². The Morgan fingerprint density at radius 2 is 1.90 bits per heavy atom. The Kier molecular flexibility index (Phi) is 3.87. The molecule has 0 aromatic heterocycles. The molecule has 1 atom stereocenters. The minimum Gasteiger partial charge on any atom is -0.509 e. The number of aliphatic hydroxyl groups is 1. The fourth-order valence-electron chi connectivity index (χ4n) is 3.07. The van der Waals surface area contributed by atoms with Gasteiger partial charge < -0.3 is 10.4 Å². The molecule has 21 heavy (non-hydrogen) atoms. The highest BCUT2D eigenvalue weighted by molar-refractivity contribution is 6.23. The SMILES string of the molecule is CCc1cc(C)cc(C)c1C1=C(O)C(C)(C(C)C)NC1=O. The quantitative estimate of drug-likeness (QED) is 0.891. The zero-order valence-electron chi connectivity index (χ0n) is 13.8. The van der Waals surface area contributed by atoms with Crippen molar-refractivity contribution in [3.63, 3.8) is 0 Å². The smallest absolute Gasteiger partial charge is 0.256 e. The largest absolute Gasteiger partial charge is 0.509 e. The van der Waals surface area contributed by atoms with Crippen molar-refractivity contribution in [1.29, 1.82) is 0 Å². The lowest BCUT2D eigenvalue weighted by molar-refractivity contribution is -0.116. The van der Waals surface area contributed by atoms with Crippen LogP contribution >= 0.6 is 0 Å². The molecule has 1 aromatic rings. The number of aryl methyl sites for hydroxylation is 3. The number of hydrogen-bond donors (Lipinski definition) is 2. The second-order valence-corrected chi connectivity index (χ2v) is 6.50. The number of benzene rings is 1. The maximum atomic E-state index is 12.5. The first kappa shape index (κ1) is 15.6. The maximum Gasteiger partial charge on any atom is 0.256 e. The number of nitrogens with one attached hydrogen (secondary N) is 1. The summed E-state index contributed by atoms with van der Waals surface area (Å²) in [5, 5.41) is 13.7. The summed E-state index contributed by atoms with van der Waals surface area (Å²) in [6.07, 6.45) is 0.834. The second kappa shape index (κ2) is 5.21. The van der Waals surface area contributed by atoms with Crippen molar-refractivity contribution in [1.82, 2.24) is 5.32 Å². The van der Waals surface area contributed by atoms with Crippen molar-refractivity contribution in [3.05, 3.63) is 40.1 Å². The van der Waals surface area contributed by atoms with Gasteiger partial charge in [-0.05, 0) is 49.8 Å². The number of carbonyl (C=O) groups excluding carboxylic acids is 1. The fourth-order valence-corrected chi connectivity index (χ4v) is 3.07. The zero-order valence-corrected chi connectivity index (χ0v) is 13.8. The van der Waals surface area contributed by atoms with E-state index < -0.39 is 5.54 Å². The highest BCUT2D eigenvalue weighted by Gasteiger charge is 2.45. The van der Waals surface area contributed by atoms with Crippen LogP contribution in [0.25, 0.3) is 5.57 Å². The second-order valence-electron chi connectivity index (χ2n) is 6.50. The Balaban J connectivity index is 2.72. The maximum absolute atomic E-state index is 12.5. The predicted molar refractivity (Wildman–Crippen MR) is 86.2 cm³/mol. The predicted octanol–water partition coefficient (Wildman–Crippen LogP) is 3.68. The van der Waals surface area contributed by atoms with Gasteiger partial charge in [-0.25, -0.2) is 0 Å². The first-order valence-corrected chi connectivity index (χ1v) is 7.59. The summed E-state index contributed by atoms with van der Waals surface area (Å²) in [4.78, 5) is 12.5. The molecule has 0 aliphatic carbocycles. The summed E-state index contributed by atoms with van der Waals surface area (Å²) in [6, 6.07) is 4.16. The average Bonchev–Trinajstić information content (AvgIpc) is 2.61. The van der Waals surface area contributed by atoms with E-state index in [0.29, 0.717) is 5.57 Å². The van der Waals surface area contributed by atoms with Crippen molar-refractivity contribution in [2.45, 2.75) is 53.5 Å². The summed E-state index contributed by atoms with van der Waals surface area (Å²) in [5.41, 5.74) is 3.98. The van der Waals surface area contributed by atoms with Crippen molar-refractivity contribution in [2.75, 3.05) is 0 Å². The molecule has 0 spiro atoms. The van der Waals surface area contributed by atoms with Crippen molar-refractivity contribution in [3.8, 4) is 0 Å². The molecule has 1 aliphatic rings. The molecule has 114 valence electrons. The van der Waals surface area contributed by atoms with Gasteiger partial charge in [0.2, 0.25) is 0 Å². The van der Waals surface area contributed by atoms with Gasteiger partial charge in [0.15, 0.2) is 0 Å². The summed E-state index contributed by atoms with van der Waals surface area (Å²) < 4.78 is 0. The standard InChI is InChI=1S/C18H25NO2/c1-7-13-9-11(4)8-12(5)14(13)15-16(20)18(6,10(2)3)19-17(15)21/h8-10,20H,7H2,1-6H3,(H,19,21). The Hall–Kier alpha value is -1.77. The van der Waals surface area contributed by atoms with E-state index in [1.165, 1.54) is 5.56 Å². The van der Waals surface area contributed by atoms with E-state index in [-0.39, 0.29) is 17.6 Å². The van der Waals surface area contributed by atoms with Crippen LogP contribution in [0.3, 0.4) is 0 Å². The first-order valence-electron chi connectivity index (χ1n) is 7.59. The minimum atomic E-state index is -0.686. The summed E-state index contributed by atoms with van der Waals surface area (Å²) >= 11 is 0. The van der Waals surface area contributed by atoms with Gasteiger partial charge in [-0.1, -0.05) is 38.5 Å². The molecule has 0 saturated carbocycles. The Morgan fingerprint density at radius 1 is 1.29 bits per heavy atom.